The molecule has 0 rings (SSSR count). The molecule has 5 unspecified atom stereocenters. The predicted molar refractivity (Wildman–Crippen MR) is 113 cm³/mol. The lowest BCUT2D eigenvalue weighted by atomic mass is 9.97. The monoisotopic (exact) mass is 436 g/mol. The van der Waals surface area contributed by atoms with E-state index in [-0.39, 0.29) is 18.1 Å². The van der Waals surface area contributed by atoms with Crippen LogP contribution in [0.1, 0.15) is 33.6 Å². The fourth-order valence-corrected chi connectivity index (χ4v) is 2.84. The molecule has 0 aromatic heterocycles. The van der Waals surface area contributed by atoms with Gasteiger partial charge in [0.05, 0.1) is 6.04 Å². The minimum Gasteiger partial charge on any atom is -0.480 e. The number of thiol groups is 1. The Labute approximate surface area is 175 Å². The van der Waals surface area contributed by atoms with Crippen molar-refractivity contribution in [2.24, 2.45) is 11.7 Å². The molecule has 0 spiro atoms. The van der Waals surface area contributed by atoms with Gasteiger partial charge in [-0.3, -0.25) is 14.4 Å². The lowest BCUT2D eigenvalue weighted by Crippen LogP contribution is -2.58. The number of thioether (sulfide) groups is 1. The lowest BCUT2D eigenvalue weighted by Gasteiger charge is -2.27. The number of carbonyl (C=O) groups is 4. The molecule has 0 heterocycles. The third-order valence-corrected chi connectivity index (χ3v) is 5.34. The minimum atomic E-state index is -1.13. The van der Waals surface area contributed by atoms with Gasteiger partial charge in [0.2, 0.25) is 17.7 Å². The molecule has 28 heavy (non-hydrogen) atoms. The van der Waals surface area contributed by atoms with Crippen molar-refractivity contribution in [3.63, 3.8) is 0 Å². The summed E-state index contributed by atoms with van der Waals surface area (Å²) >= 11 is 5.41. The summed E-state index contributed by atoms with van der Waals surface area (Å²) in [6.07, 6.45) is 2.71. The van der Waals surface area contributed by atoms with E-state index in [1.807, 2.05) is 13.2 Å². The molecule has 0 bridgehead atoms. The number of amides is 3. The molecule has 0 aliphatic heterocycles. The first-order chi connectivity index (χ1) is 13.1. The number of hydrogen-bond acceptors (Lipinski definition) is 7. The Morgan fingerprint density at radius 2 is 1.68 bits per heavy atom. The van der Waals surface area contributed by atoms with E-state index >= 15 is 0 Å². The quantitative estimate of drug-likeness (QED) is 0.215. The van der Waals surface area contributed by atoms with Gasteiger partial charge < -0.3 is 26.8 Å². The third-order valence-electron chi connectivity index (χ3n) is 4.30. The van der Waals surface area contributed by atoms with Gasteiger partial charge in [0.1, 0.15) is 18.1 Å². The summed E-state index contributed by atoms with van der Waals surface area (Å²) in [7, 11) is 0. The molecule has 0 aromatic carbocycles. The van der Waals surface area contributed by atoms with Crippen LogP contribution in [0.3, 0.4) is 0 Å². The van der Waals surface area contributed by atoms with Crippen LogP contribution in [0.2, 0.25) is 0 Å². The van der Waals surface area contributed by atoms with Crippen molar-refractivity contribution in [3.8, 4) is 0 Å². The van der Waals surface area contributed by atoms with Crippen LogP contribution in [0.4, 0.5) is 0 Å². The van der Waals surface area contributed by atoms with Crippen molar-refractivity contribution >= 4 is 48.1 Å². The van der Waals surface area contributed by atoms with Crippen LogP contribution in [0.5, 0.6) is 0 Å². The average molecular weight is 437 g/mol. The highest BCUT2D eigenvalue weighted by atomic mass is 32.2. The maximum absolute atomic E-state index is 12.6. The molecule has 6 N–H and O–H groups in total. The Kier molecular flexibility index (Phi) is 13.0. The van der Waals surface area contributed by atoms with Crippen LogP contribution in [0, 0.1) is 5.92 Å². The standard InChI is InChI=1S/C17H32N4O5S2/c1-5-9(2)13(16(24)20-12(17(25)26)6-7-28-4)21-14(22)10(3)19-15(23)11(18)8-27/h9-13,27H,5-8,18H2,1-4H3,(H,19,23)(H,20,24)(H,21,22)(H,25,26). The highest BCUT2D eigenvalue weighted by Gasteiger charge is 2.31. The number of aliphatic carboxylic acids is 1. The second kappa shape index (κ2) is 13.7. The second-order valence-corrected chi connectivity index (χ2v) is 7.92. The number of carboxylic acid groups (broad SMARTS) is 1. The van der Waals surface area contributed by atoms with E-state index in [1.165, 1.54) is 18.7 Å². The highest BCUT2D eigenvalue weighted by Crippen LogP contribution is 2.10. The Hall–Kier alpha value is -1.46. The number of carbonyl (C=O) groups excluding carboxylic acids is 3. The molecule has 5 atom stereocenters. The number of nitrogens with two attached hydrogens (primary N) is 1. The summed E-state index contributed by atoms with van der Waals surface area (Å²) in [4.78, 5) is 48.3. The van der Waals surface area contributed by atoms with Gasteiger partial charge in [0.15, 0.2) is 0 Å². The van der Waals surface area contributed by atoms with E-state index in [0.29, 0.717) is 12.2 Å². The van der Waals surface area contributed by atoms with Crippen LogP contribution < -0.4 is 21.7 Å². The van der Waals surface area contributed by atoms with E-state index in [2.05, 4.69) is 28.6 Å². The van der Waals surface area contributed by atoms with Crippen molar-refractivity contribution in [1.82, 2.24) is 16.0 Å². The molecule has 0 aliphatic carbocycles. The Bertz CT molecular complexity index is 550. The van der Waals surface area contributed by atoms with Gasteiger partial charge in [-0.15, -0.1) is 0 Å². The normalized spacial score (nSPS) is 16.2. The fraction of sp³-hybridized carbons (Fsp3) is 0.765. The van der Waals surface area contributed by atoms with Crippen molar-refractivity contribution < 1.29 is 24.3 Å². The van der Waals surface area contributed by atoms with E-state index < -0.39 is 47.9 Å². The Morgan fingerprint density at radius 1 is 1.07 bits per heavy atom. The van der Waals surface area contributed by atoms with Crippen molar-refractivity contribution in [2.45, 2.75) is 57.8 Å². The average Bonchev–Trinajstić information content (AvgIpc) is 2.66. The first-order valence-electron chi connectivity index (χ1n) is 9.08. The zero-order chi connectivity index (χ0) is 21.9. The molecule has 0 radical (unpaired) electrons. The van der Waals surface area contributed by atoms with Gasteiger partial charge in [-0.2, -0.15) is 24.4 Å². The van der Waals surface area contributed by atoms with Crippen LogP contribution in [-0.2, 0) is 19.2 Å². The predicted octanol–water partition coefficient (Wildman–Crippen LogP) is -0.398. The summed E-state index contributed by atoms with van der Waals surface area (Å²) in [5.74, 6) is -2.31. The lowest BCUT2D eigenvalue weighted by molar-refractivity contribution is -0.142. The molecule has 3 amide bonds. The summed E-state index contributed by atoms with van der Waals surface area (Å²) < 4.78 is 0. The van der Waals surface area contributed by atoms with Crippen LogP contribution in [-0.4, -0.2) is 70.7 Å². The molecule has 0 saturated carbocycles. The third kappa shape index (κ3) is 9.16. The van der Waals surface area contributed by atoms with Gasteiger partial charge in [0.25, 0.3) is 0 Å². The fourth-order valence-electron chi connectivity index (χ4n) is 2.20. The summed E-state index contributed by atoms with van der Waals surface area (Å²) in [5.41, 5.74) is 5.57. The van der Waals surface area contributed by atoms with Crippen LogP contribution in [0.15, 0.2) is 0 Å². The van der Waals surface area contributed by atoms with Gasteiger partial charge >= 0.3 is 5.97 Å². The molecular weight excluding hydrogens is 404 g/mol. The second-order valence-electron chi connectivity index (χ2n) is 6.57. The summed E-state index contributed by atoms with van der Waals surface area (Å²) in [5, 5.41) is 16.9. The van der Waals surface area contributed by atoms with E-state index in [1.54, 1.807) is 6.92 Å². The van der Waals surface area contributed by atoms with Gasteiger partial charge in [-0.05, 0) is 31.3 Å². The molecule has 0 fully saturated rings. The minimum absolute atomic E-state index is 0.130. The largest absolute Gasteiger partial charge is 0.480 e. The van der Waals surface area contributed by atoms with Crippen LogP contribution in [0.25, 0.3) is 0 Å². The molecule has 0 saturated heterocycles. The van der Waals surface area contributed by atoms with E-state index in [4.69, 9.17) is 5.73 Å². The molecule has 11 heteroatoms. The summed E-state index contributed by atoms with van der Waals surface area (Å²) in [6.45, 7) is 5.11. The smallest absolute Gasteiger partial charge is 0.326 e. The molecule has 0 aliphatic rings. The number of rotatable bonds is 13. The van der Waals surface area contributed by atoms with Gasteiger partial charge in [-0.1, -0.05) is 20.3 Å². The maximum atomic E-state index is 12.6. The Morgan fingerprint density at radius 3 is 2.14 bits per heavy atom. The van der Waals surface area contributed by atoms with Crippen molar-refractivity contribution in [2.75, 3.05) is 17.8 Å². The number of nitrogens with one attached hydrogen (secondary N) is 3. The van der Waals surface area contributed by atoms with E-state index in [9.17, 15) is 24.3 Å². The highest BCUT2D eigenvalue weighted by molar-refractivity contribution is 7.98. The molecule has 0 aromatic rings. The molecular formula is C17H32N4O5S2. The first kappa shape index (κ1) is 26.5. The Balaban J connectivity index is 5.10. The number of hydrogen-bond donors (Lipinski definition) is 6. The number of carboxylic acids is 1. The topological polar surface area (TPSA) is 151 Å². The zero-order valence-corrected chi connectivity index (χ0v) is 18.4. The van der Waals surface area contributed by atoms with Crippen molar-refractivity contribution in [1.29, 1.82) is 0 Å². The SMILES string of the molecule is CCC(C)C(NC(=O)C(C)NC(=O)C(N)CS)C(=O)NC(CCSC)C(=O)O. The molecule has 162 valence electrons. The van der Waals surface area contributed by atoms with Gasteiger partial charge in [-0.25, -0.2) is 4.79 Å². The maximum Gasteiger partial charge on any atom is 0.326 e. The molecule has 9 nitrogen and oxygen atoms in total. The zero-order valence-electron chi connectivity index (χ0n) is 16.7. The van der Waals surface area contributed by atoms with Crippen molar-refractivity contribution in [3.05, 3.63) is 0 Å². The summed E-state index contributed by atoms with van der Waals surface area (Å²) in [6, 6.07) is -3.72. The van der Waals surface area contributed by atoms with E-state index in [0.717, 1.165) is 0 Å². The first-order valence-corrected chi connectivity index (χ1v) is 11.1. The van der Waals surface area contributed by atoms with Gasteiger partial charge in [0, 0.05) is 5.75 Å². The van der Waals surface area contributed by atoms with Crippen LogP contribution >= 0.6 is 24.4 Å².